The minimum Gasteiger partial charge on any atom is -0.304 e. The summed E-state index contributed by atoms with van der Waals surface area (Å²) >= 11 is 0. The molecule has 0 unspecified atom stereocenters. The molecule has 1 aliphatic rings. The summed E-state index contributed by atoms with van der Waals surface area (Å²) in [6.45, 7) is 7.11. The molecule has 4 rings (SSSR count). The summed E-state index contributed by atoms with van der Waals surface area (Å²) in [7, 11) is 2.16. The number of halogens is 1. The van der Waals surface area contributed by atoms with Gasteiger partial charge in [-0.15, -0.1) is 0 Å². The first-order valence-corrected chi connectivity index (χ1v) is 9.41. The summed E-state index contributed by atoms with van der Waals surface area (Å²) in [5.41, 5.74) is 5.03. The van der Waals surface area contributed by atoms with E-state index in [4.69, 9.17) is 5.10 Å². The Kier molecular flexibility index (Phi) is 5.05. The number of benzene rings is 2. The van der Waals surface area contributed by atoms with Gasteiger partial charge in [0.15, 0.2) is 0 Å². The normalized spacial score (nSPS) is 16.0. The lowest BCUT2D eigenvalue weighted by molar-refractivity contribution is 0.148. The highest BCUT2D eigenvalue weighted by molar-refractivity contribution is 5.63. The van der Waals surface area contributed by atoms with Crippen LogP contribution >= 0.6 is 0 Å². The highest BCUT2D eigenvalue weighted by Gasteiger charge is 2.19. The van der Waals surface area contributed by atoms with Gasteiger partial charge in [0, 0.05) is 50.0 Å². The van der Waals surface area contributed by atoms with Gasteiger partial charge in [0.25, 0.3) is 0 Å². The van der Waals surface area contributed by atoms with Crippen molar-refractivity contribution in [2.45, 2.75) is 13.5 Å². The average molecular weight is 364 g/mol. The van der Waals surface area contributed by atoms with Gasteiger partial charge in [0.05, 0.1) is 11.4 Å². The van der Waals surface area contributed by atoms with Crippen molar-refractivity contribution in [2.75, 3.05) is 33.2 Å². The quantitative estimate of drug-likeness (QED) is 0.705. The van der Waals surface area contributed by atoms with E-state index in [9.17, 15) is 4.39 Å². The van der Waals surface area contributed by atoms with Crippen LogP contribution in [0.3, 0.4) is 0 Å². The van der Waals surface area contributed by atoms with E-state index in [0.29, 0.717) is 0 Å². The Hall–Kier alpha value is -2.50. The molecule has 1 saturated heterocycles. The van der Waals surface area contributed by atoms with Crippen LogP contribution in [0.4, 0.5) is 4.39 Å². The molecule has 0 bridgehead atoms. The van der Waals surface area contributed by atoms with Gasteiger partial charge in [0.2, 0.25) is 0 Å². The first-order valence-electron chi connectivity index (χ1n) is 9.41. The first kappa shape index (κ1) is 17.9. The molecule has 3 aromatic rings. The molecule has 1 fully saturated rings. The van der Waals surface area contributed by atoms with Crippen LogP contribution < -0.4 is 0 Å². The molecule has 4 nitrogen and oxygen atoms in total. The van der Waals surface area contributed by atoms with Crippen LogP contribution in [0.5, 0.6) is 0 Å². The first-order chi connectivity index (χ1) is 13.1. The van der Waals surface area contributed by atoms with Crippen molar-refractivity contribution in [3.05, 3.63) is 71.7 Å². The Balaban J connectivity index is 1.71. The van der Waals surface area contributed by atoms with Crippen LogP contribution in [0.25, 0.3) is 16.9 Å². The summed E-state index contributed by atoms with van der Waals surface area (Å²) in [5, 5.41) is 4.83. The van der Waals surface area contributed by atoms with E-state index in [0.717, 1.165) is 55.2 Å². The third kappa shape index (κ3) is 4.10. The van der Waals surface area contributed by atoms with E-state index in [1.165, 1.54) is 11.6 Å². The maximum absolute atomic E-state index is 13.8. The number of aryl methyl sites for hydroxylation is 1. The van der Waals surface area contributed by atoms with E-state index in [2.05, 4.69) is 48.2 Å². The van der Waals surface area contributed by atoms with Gasteiger partial charge in [-0.2, -0.15) is 5.10 Å². The predicted molar refractivity (Wildman–Crippen MR) is 106 cm³/mol. The zero-order chi connectivity index (χ0) is 18.8. The zero-order valence-electron chi connectivity index (χ0n) is 15.9. The smallest absolute Gasteiger partial charge is 0.123 e. The molecular weight excluding hydrogens is 339 g/mol. The Morgan fingerprint density at radius 2 is 1.78 bits per heavy atom. The Bertz CT molecular complexity index is 926. The molecular formula is C22H25FN4. The predicted octanol–water partition coefficient (Wildman–Crippen LogP) is 3.73. The van der Waals surface area contributed by atoms with Crippen LogP contribution in [0.2, 0.25) is 0 Å². The molecule has 0 radical (unpaired) electrons. The third-order valence-electron chi connectivity index (χ3n) is 5.14. The van der Waals surface area contributed by atoms with Crippen LogP contribution in [-0.2, 0) is 6.54 Å². The molecule has 1 aliphatic heterocycles. The van der Waals surface area contributed by atoms with Crippen molar-refractivity contribution in [1.82, 2.24) is 19.6 Å². The number of piperazine rings is 1. The number of hydrogen-bond donors (Lipinski definition) is 0. The number of rotatable bonds is 4. The molecule has 5 heteroatoms. The Morgan fingerprint density at radius 1 is 1.00 bits per heavy atom. The molecule has 0 N–H and O–H groups in total. The standard InChI is InChI=1S/C22H25FN4/c1-17-5-3-8-21(13-17)27-16-19(15-26-11-9-25(2)10-12-26)22(24-27)18-6-4-7-20(23)14-18/h3-8,13-14,16H,9-12,15H2,1-2H3. The third-order valence-corrected chi connectivity index (χ3v) is 5.14. The second-order valence-electron chi connectivity index (χ2n) is 7.38. The van der Waals surface area contributed by atoms with E-state index in [1.807, 2.05) is 16.8 Å². The van der Waals surface area contributed by atoms with Crippen molar-refractivity contribution in [3.8, 4) is 16.9 Å². The van der Waals surface area contributed by atoms with Crippen molar-refractivity contribution >= 4 is 0 Å². The molecule has 27 heavy (non-hydrogen) atoms. The van der Waals surface area contributed by atoms with Crippen molar-refractivity contribution in [3.63, 3.8) is 0 Å². The van der Waals surface area contributed by atoms with Gasteiger partial charge in [0.1, 0.15) is 5.82 Å². The van der Waals surface area contributed by atoms with Gasteiger partial charge >= 0.3 is 0 Å². The van der Waals surface area contributed by atoms with Gasteiger partial charge in [-0.1, -0.05) is 24.3 Å². The second kappa shape index (κ2) is 7.62. The molecule has 0 amide bonds. The Labute approximate surface area is 159 Å². The Morgan fingerprint density at radius 3 is 2.52 bits per heavy atom. The molecule has 0 aliphatic carbocycles. The molecule has 0 spiro atoms. The van der Waals surface area contributed by atoms with Gasteiger partial charge in [-0.25, -0.2) is 9.07 Å². The van der Waals surface area contributed by atoms with E-state index < -0.39 is 0 Å². The fraction of sp³-hybridized carbons (Fsp3) is 0.318. The van der Waals surface area contributed by atoms with Crippen LogP contribution in [-0.4, -0.2) is 52.8 Å². The van der Waals surface area contributed by atoms with E-state index >= 15 is 0 Å². The van der Waals surface area contributed by atoms with Crippen molar-refractivity contribution in [1.29, 1.82) is 0 Å². The van der Waals surface area contributed by atoms with Gasteiger partial charge in [-0.05, 0) is 43.8 Å². The number of likely N-dealkylation sites (N-methyl/N-ethyl adjacent to an activating group) is 1. The molecule has 0 atom stereocenters. The lowest BCUT2D eigenvalue weighted by Crippen LogP contribution is -2.43. The van der Waals surface area contributed by atoms with E-state index in [-0.39, 0.29) is 5.82 Å². The molecule has 2 heterocycles. The molecule has 1 aromatic heterocycles. The fourth-order valence-corrected chi connectivity index (χ4v) is 3.55. The largest absolute Gasteiger partial charge is 0.304 e. The van der Waals surface area contributed by atoms with E-state index in [1.54, 1.807) is 12.1 Å². The summed E-state index contributed by atoms with van der Waals surface area (Å²) in [5.74, 6) is -0.233. The summed E-state index contributed by atoms with van der Waals surface area (Å²) in [6, 6.07) is 15.0. The maximum atomic E-state index is 13.8. The highest BCUT2D eigenvalue weighted by Crippen LogP contribution is 2.26. The number of nitrogens with zero attached hydrogens (tertiary/aromatic N) is 4. The van der Waals surface area contributed by atoms with Gasteiger partial charge < -0.3 is 4.90 Å². The second-order valence-corrected chi connectivity index (χ2v) is 7.38. The monoisotopic (exact) mass is 364 g/mol. The van der Waals surface area contributed by atoms with Gasteiger partial charge in [-0.3, -0.25) is 4.90 Å². The van der Waals surface area contributed by atoms with Crippen molar-refractivity contribution in [2.24, 2.45) is 0 Å². The summed E-state index contributed by atoms with van der Waals surface area (Å²) in [4.78, 5) is 4.79. The zero-order valence-corrected chi connectivity index (χ0v) is 15.9. The lowest BCUT2D eigenvalue weighted by atomic mass is 10.1. The summed E-state index contributed by atoms with van der Waals surface area (Å²) in [6.07, 6.45) is 2.09. The highest BCUT2D eigenvalue weighted by atomic mass is 19.1. The molecule has 140 valence electrons. The van der Waals surface area contributed by atoms with Crippen molar-refractivity contribution < 1.29 is 4.39 Å². The number of aromatic nitrogens is 2. The van der Waals surface area contributed by atoms with Crippen LogP contribution in [0.1, 0.15) is 11.1 Å². The van der Waals surface area contributed by atoms with Crippen LogP contribution in [0, 0.1) is 12.7 Å². The average Bonchev–Trinajstić information content (AvgIpc) is 3.07. The minimum atomic E-state index is -0.233. The van der Waals surface area contributed by atoms with Crippen LogP contribution in [0.15, 0.2) is 54.7 Å². The topological polar surface area (TPSA) is 24.3 Å². The molecule has 0 saturated carbocycles. The lowest BCUT2D eigenvalue weighted by Gasteiger charge is -2.32. The minimum absolute atomic E-state index is 0.233. The summed E-state index contributed by atoms with van der Waals surface area (Å²) < 4.78 is 15.7. The number of hydrogen-bond acceptors (Lipinski definition) is 3. The molecule has 2 aromatic carbocycles. The fourth-order valence-electron chi connectivity index (χ4n) is 3.55. The maximum Gasteiger partial charge on any atom is 0.123 e. The SMILES string of the molecule is Cc1cccc(-n2cc(CN3CCN(C)CC3)c(-c3cccc(F)c3)n2)c1.